The Kier molecular flexibility index (Phi) is 5.25. The Morgan fingerprint density at radius 3 is 2.63 bits per heavy atom. The molecule has 142 valence electrons. The van der Waals surface area contributed by atoms with Crippen LogP contribution in [0.15, 0.2) is 30.6 Å². The summed E-state index contributed by atoms with van der Waals surface area (Å²) >= 11 is 0. The van der Waals surface area contributed by atoms with Gasteiger partial charge in [-0.25, -0.2) is 9.97 Å². The van der Waals surface area contributed by atoms with Gasteiger partial charge in [-0.05, 0) is 48.9 Å². The third-order valence-electron chi connectivity index (χ3n) is 4.84. The van der Waals surface area contributed by atoms with E-state index in [1.807, 2.05) is 6.07 Å². The van der Waals surface area contributed by atoms with Crippen LogP contribution in [-0.4, -0.2) is 33.2 Å². The van der Waals surface area contributed by atoms with Gasteiger partial charge in [-0.15, -0.1) is 0 Å². The van der Waals surface area contributed by atoms with E-state index in [1.165, 1.54) is 6.20 Å². The summed E-state index contributed by atoms with van der Waals surface area (Å²) in [5.74, 6) is -0.133. The summed E-state index contributed by atoms with van der Waals surface area (Å²) in [4.78, 5) is 35.2. The van der Waals surface area contributed by atoms with Gasteiger partial charge in [0.1, 0.15) is 11.6 Å². The topological polar surface area (TPSA) is 127 Å². The van der Waals surface area contributed by atoms with E-state index >= 15 is 0 Å². The summed E-state index contributed by atoms with van der Waals surface area (Å²) in [6.07, 6.45) is 4.85. The van der Waals surface area contributed by atoms with Crippen molar-refractivity contribution in [3.63, 3.8) is 0 Å². The smallest absolute Gasteiger partial charge is 0.313 e. The average Bonchev–Trinajstić information content (AvgIpc) is 2.65. The van der Waals surface area contributed by atoms with Crippen molar-refractivity contribution in [2.24, 2.45) is 5.92 Å². The zero-order valence-corrected chi connectivity index (χ0v) is 15.5. The van der Waals surface area contributed by atoms with E-state index in [2.05, 4.69) is 22.2 Å². The number of carbonyl (C=O) groups excluding carboxylic acids is 2. The Bertz CT molecular complexity index is 852. The molecule has 2 aromatic heterocycles. The van der Waals surface area contributed by atoms with Gasteiger partial charge < -0.3 is 21.7 Å². The van der Waals surface area contributed by atoms with Crippen molar-refractivity contribution < 1.29 is 9.59 Å². The second-order valence-corrected chi connectivity index (χ2v) is 7.05. The molecule has 3 heterocycles. The summed E-state index contributed by atoms with van der Waals surface area (Å²) in [6.45, 7) is 4.37. The number of likely N-dealkylation sites (tertiary alicyclic amines) is 1. The molecule has 0 spiro atoms. The fraction of sp³-hybridized carbons (Fsp3) is 0.368. The number of piperidine rings is 1. The number of anilines is 3. The number of nitrogen functional groups attached to an aromatic ring is 2. The second kappa shape index (κ2) is 7.61. The number of aryl methyl sites for hydroxylation is 1. The normalized spacial score (nSPS) is 19.6. The summed E-state index contributed by atoms with van der Waals surface area (Å²) in [6, 6.07) is 5.06. The molecule has 0 radical (unpaired) electrons. The SMILES string of the molecule is Cc1cc(NC(=O)C(=O)N2C[C@H](C)CC[C@H]2c2ccc(N)nc2)cnc1N. The number of nitrogens with two attached hydrogens (primary N) is 2. The van der Waals surface area contributed by atoms with E-state index in [4.69, 9.17) is 11.5 Å². The van der Waals surface area contributed by atoms with Crippen LogP contribution in [0, 0.1) is 12.8 Å². The van der Waals surface area contributed by atoms with E-state index < -0.39 is 11.8 Å². The number of nitrogens with zero attached hydrogens (tertiary/aromatic N) is 3. The van der Waals surface area contributed by atoms with E-state index in [0.717, 1.165) is 24.0 Å². The molecule has 3 rings (SSSR count). The van der Waals surface area contributed by atoms with E-state index in [-0.39, 0.29) is 6.04 Å². The molecule has 27 heavy (non-hydrogen) atoms. The molecule has 8 heteroatoms. The van der Waals surface area contributed by atoms with Crippen LogP contribution in [0.2, 0.25) is 0 Å². The minimum atomic E-state index is -0.691. The lowest BCUT2D eigenvalue weighted by Crippen LogP contribution is -2.46. The lowest BCUT2D eigenvalue weighted by Gasteiger charge is -2.38. The molecule has 1 saturated heterocycles. The van der Waals surface area contributed by atoms with Gasteiger partial charge in [0.15, 0.2) is 0 Å². The van der Waals surface area contributed by atoms with Gasteiger partial charge in [-0.3, -0.25) is 9.59 Å². The number of pyridine rings is 2. The van der Waals surface area contributed by atoms with Crippen LogP contribution in [0.5, 0.6) is 0 Å². The van der Waals surface area contributed by atoms with Crippen molar-refractivity contribution in [1.82, 2.24) is 14.9 Å². The molecular weight excluding hydrogens is 344 g/mol. The van der Waals surface area contributed by atoms with Crippen molar-refractivity contribution in [3.8, 4) is 0 Å². The van der Waals surface area contributed by atoms with Crippen LogP contribution in [-0.2, 0) is 9.59 Å². The molecule has 2 atom stereocenters. The quantitative estimate of drug-likeness (QED) is 0.695. The maximum absolute atomic E-state index is 12.9. The minimum Gasteiger partial charge on any atom is -0.384 e. The van der Waals surface area contributed by atoms with Crippen LogP contribution in [0.3, 0.4) is 0 Å². The van der Waals surface area contributed by atoms with Crippen LogP contribution >= 0.6 is 0 Å². The number of hydrogen-bond acceptors (Lipinski definition) is 6. The Hall–Kier alpha value is -3.16. The number of hydrogen-bond donors (Lipinski definition) is 3. The van der Waals surface area contributed by atoms with Gasteiger partial charge in [0, 0.05) is 12.7 Å². The van der Waals surface area contributed by atoms with Crippen LogP contribution in [0.25, 0.3) is 0 Å². The molecule has 0 aliphatic carbocycles. The molecule has 1 fully saturated rings. The van der Waals surface area contributed by atoms with Crippen LogP contribution in [0.1, 0.15) is 36.9 Å². The first-order chi connectivity index (χ1) is 12.8. The Morgan fingerprint density at radius 2 is 1.96 bits per heavy atom. The molecule has 0 aromatic carbocycles. The third-order valence-corrected chi connectivity index (χ3v) is 4.84. The van der Waals surface area contributed by atoms with Crippen molar-refractivity contribution in [2.45, 2.75) is 32.7 Å². The van der Waals surface area contributed by atoms with Crippen LogP contribution < -0.4 is 16.8 Å². The van der Waals surface area contributed by atoms with Crippen molar-refractivity contribution in [1.29, 1.82) is 0 Å². The Balaban J connectivity index is 1.79. The molecule has 1 aliphatic rings. The largest absolute Gasteiger partial charge is 0.384 e. The highest BCUT2D eigenvalue weighted by Gasteiger charge is 2.34. The zero-order valence-electron chi connectivity index (χ0n) is 15.5. The second-order valence-electron chi connectivity index (χ2n) is 7.05. The number of aromatic nitrogens is 2. The first kappa shape index (κ1) is 18.6. The highest BCUT2D eigenvalue weighted by atomic mass is 16.2. The Morgan fingerprint density at radius 1 is 1.19 bits per heavy atom. The van der Waals surface area contributed by atoms with Gasteiger partial charge in [-0.1, -0.05) is 13.0 Å². The molecule has 5 N–H and O–H groups in total. The molecule has 0 unspecified atom stereocenters. The van der Waals surface area contributed by atoms with Crippen LogP contribution in [0.4, 0.5) is 17.3 Å². The van der Waals surface area contributed by atoms with Gasteiger partial charge in [0.05, 0.1) is 17.9 Å². The highest BCUT2D eigenvalue weighted by Crippen LogP contribution is 2.33. The molecule has 1 aliphatic heterocycles. The van der Waals surface area contributed by atoms with Gasteiger partial charge >= 0.3 is 11.8 Å². The predicted molar refractivity (Wildman–Crippen MR) is 104 cm³/mol. The fourth-order valence-electron chi connectivity index (χ4n) is 3.31. The van der Waals surface area contributed by atoms with Gasteiger partial charge in [-0.2, -0.15) is 0 Å². The van der Waals surface area contributed by atoms with E-state index in [1.54, 1.807) is 30.2 Å². The van der Waals surface area contributed by atoms with Crippen molar-refractivity contribution in [3.05, 3.63) is 41.7 Å². The molecule has 0 bridgehead atoms. The van der Waals surface area contributed by atoms with Crippen molar-refractivity contribution >= 4 is 29.1 Å². The average molecular weight is 368 g/mol. The molecule has 2 amide bonds. The lowest BCUT2D eigenvalue weighted by molar-refractivity contribution is -0.146. The van der Waals surface area contributed by atoms with Gasteiger partial charge in [0.2, 0.25) is 0 Å². The molecule has 8 nitrogen and oxygen atoms in total. The van der Waals surface area contributed by atoms with E-state index in [0.29, 0.717) is 29.8 Å². The fourth-order valence-corrected chi connectivity index (χ4v) is 3.31. The summed E-state index contributed by atoms with van der Waals surface area (Å²) in [5, 5.41) is 2.62. The summed E-state index contributed by atoms with van der Waals surface area (Å²) in [5.41, 5.74) is 13.4. The summed E-state index contributed by atoms with van der Waals surface area (Å²) in [7, 11) is 0. The molecule has 0 saturated carbocycles. The maximum atomic E-state index is 12.9. The standard InChI is InChI=1S/C19H24N6O2/c1-11-3-5-15(13-4-6-16(20)22-8-13)25(10-11)19(27)18(26)24-14-7-12(2)17(21)23-9-14/h4,6-9,11,15H,3,5,10H2,1-2H3,(H2,20,22)(H2,21,23)(H,24,26)/t11-,15+/m1/s1. The number of carbonyl (C=O) groups is 2. The van der Waals surface area contributed by atoms with Crippen molar-refractivity contribution in [2.75, 3.05) is 23.3 Å². The first-order valence-electron chi connectivity index (χ1n) is 8.90. The third kappa shape index (κ3) is 4.16. The number of amides is 2. The minimum absolute atomic E-state index is 0.196. The lowest BCUT2D eigenvalue weighted by atomic mass is 9.90. The first-order valence-corrected chi connectivity index (χ1v) is 8.90. The zero-order chi connectivity index (χ0) is 19.6. The maximum Gasteiger partial charge on any atom is 0.313 e. The van der Waals surface area contributed by atoms with E-state index in [9.17, 15) is 9.59 Å². The predicted octanol–water partition coefficient (Wildman–Crippen LogP) is 1.89. The Labute approximate surface area is 158 Å². The highest BCUT2D eigenvalue weighted by molar-refractivity contribution is 6.39. The summed E-state index contributed by atoms with van der Waals surface area (Å²) < 4.78 is 0. The molecule has 2 aromatic rings. The number of rotatable bonds is 2. The number of nitrogens with one attached hydrogen (secondary N) is 1. The molecular formula is C19H24N6O2. The monoisotopic (exact) mass is 368 g/mol. The van der Waals surface area contributed by atoms with Gasteiger partial charge in [0.25, 0.3) is 0 Å².